The van der Waals surface area contributed by atoms with Gasteiger partial charge in [-0.1, -0.05) is 11.8 Å². The van der Waals surface area contributed by atoms with E-state index >= 15 is 0 Å². The lowest BCUT2D eigenvalue weighted by atomic mass is 10.2. The summed E-state index contributed by atoms with van der Waals surface area (Å²) in [6, 6.07) is 1.05. The quantitative estimate of drug-likeness (QED) is 0.558. The van der Waals surface area contributed by atoms with Crippen molar-refractivity contribution in [3.63, 3.8) is 0 Å². The minimum atomic E-state index is -0.670. The highest BCUT2D eigenvalue weighted by Crippen LogP contribution is 2.23. The Morgan fingerprint density at radius 2 is 2.29 bits per heavy atom. The van der Waals surface area contributed by atoms with Gasteiger partial charge in [0, 0.05) is 0 Å². The maximum Gasteiger partial charge on any atom is 0.265 e. The van der Waals surface area contributed by atoms with E-state index in [0.29, 0.717) is 4.88 Å². The zero-order valence-electron chi connectivity index (χ0n) is 11.7. The van der Waals surface area contributed by atoms with E-state index in [1.165, 1.54) is 16.2 Å². The minimum absolute atomic E-state index is 0.119. The molecule has 110 valence electrons. The van der Waals surface area contributed by atoms with Crippen molar-refractivity contribution < 1.29 is 14.4 Å². The number of hydrogen-bond donors (Lipinski definition) is 2. The van der Waals surface area contributed by atoms with Gasteiger partial charge in [0.2, 0.25) is 11.8 Å². The summed E-state index contributed by atoms with van der Waals surface area (Å²) in [6.45, 7) is 3.57. The molecule has 0 saturated carbocycles. The summed E-state index contributed by atoms with van der Waals surface area (Å²) >= 11 is 1.24. The van der Waals surface area contributed by atoms with Crippen molar-refractivity contribution >= 4 is 29.1 Å². The first-order valence-corrected chi connectivity index (χ1v) is 7.19. The third-order valence-electron chi connectivity index (χ3n) is 3.12. The van der Waals surface area contributed by atoms with E-state index < -0.39 is 17.9 Å². The summed E-state index contributed by atoms with van der Waals surface area (Å²) in [7, 11) is 0. The lowest BCUT2D eigenvalue weighted by molar-refractivity contribution is -0.138. The molecule has 2 heterocycles. The number of hydrogen-bond acceptors (Lipinski definition) is 5. The Hall–Kier alpha value is -2.17. The minimum Gasteiger partial charge on any atom is -0.320 e. The van der Waals surface area contributed by atoms with Crippen LogP contribution in [0.15, 0.2) is 6.07 Å². The van der Waals surface area contributed by atoms with Gasteiger partial charge < -0.3 is 10.6 Å². The molecule has 1 aromatic heterocycles. The molecule has 3 N–H and O–H groups in total. The first-order valence-electron chi connectivity index (χ1n) is 6.38. The summed E-state index contributed by atoms with van der Waals surface area (Å²) in [4.78, 5) is 38.0. The molecule has 21 heavy (non-hydrogen) atoms. The van der Waals surface area contributed by atoms with Crippen molar-refractivity contribution in [3.8, 4) is 11.8 Å². The van der Waals surface area contributed by atoms with Gasteiger partial charge >= 0.3 is 0 Å². The number of carbonyl (C=O) groups excluding carboxylic acids is 3. The maximum absolute atomic E-state index is 12.5. The third-order valence-corrected chi connectivity index (χ3v) is 4.26. The van der Waals surface area contributed by atoms with E-state index in [1.54, 1.807) is 13.0 Å². The van der Waals surface area contributed by atoms with E-state index in [9.17, 15) is 14.4 Å². The van der Waals surface area contributed by atoms with Crippen LogP contribution in [-0.4, -0.2) is 41.8 Å². The smallest absolute Gasteiger partial charge is 0.265 e. The van der Waals surface area contributed by atoms with Gasteiger partial charge in [-0.3, -0.25) is 19.7 Å². The van der Waals surface area contributed by atoms with Crippen molar-refractivity contribution in [2.24, 2.45) is 5.73 Å². The van der Waals surface area contributed by atoms with Gasteiger partial charge in [0.15, 0.2) is 0 Å². The van der Waals surface area contributed by atoms with Crippen molar-refractivity contribution in [1.29, 1.82) is 0 Å². The molecule has 0 spiro atoms. The van der Waals surface area contributed by atoms with Gasteiger partial charge in [-0.2, -0.15) is 0 Å². The molecule has 2 rings (SSSR count). The van der Waals surface area contributed by atoms with Crippen LogP contribution in [0.2, 0.25) is 0 Å². The Morgan fingerprint density at radius 1 is 1.57 bits per heavy atom. The second kappa shape index (κ2) is 6.08. The zero-order valence-corrected chi connectivity index (χ0v) is 12.5. The SMILES string of the molecule is Cc1cc(C(=O)N2CC(=O)NC(=O)C2C)sc1C#CCN. The first-order chi connectivity index (χ1) is 9.93. The highest BCUT2D eigenvalue weighted by atomic mass is 32.1. The fourth-order valence-corrected chi connectivity index (χ4v) is 2.95. The van der Waals surface area contributed by atoms with E-state index in [0.717, 1.165) is 10.4 Å². The number of rotatable bonds is 1. The highest BCUT2D eigenvalue weighted by molar-refractivity contribution is 7.14. The van der Waals surface area contributed by atoms with Crippen LogP contribution in [0.4, 0.5) is 0 Å². The van der Waals surface area contributed by atoms with Crippen molar-refractivity contribution in [2.75, 3.05) is 13.1 Å². The van der Waals surface area contributed by atoms with E-state index in [1.807, 2.05) is 6.92 Å². The summed E-state index contributed by atoms with van der Waals surface area (Å²) in [6.07, 6.45) is 0. The molecule has 3 amide bonds. The molecule has 1 fully saturated rings. The van der Waals surface area contributed by atoms with Crippen LogP contribution in [-0.2, 0) is 9.59 Å². The Bertz CT molecular complexity index is 669. The Morgan fingerprint density at radius 3 is 2.95 bits per heavy atom. The van der Waals surface area contributed by atoms with Crippen LogP contribution < -0.4 is 11.1 Å². The third kappa shape index (κ3) is 3.12. The van der Waals surface area contributed by atoms with Crippen molar-refractivity contribution in [1.82, 2.24) is 10.2 Å². The van der Waals surface area contributed by atoms with Crippen LogP contribution >= 0.6 is 11.3 Å². The predicted octanol–water partition coefficient (Wildman–Crippen LogP) is -0.146. The summed E-state index contributed by atoms with van der Waals surface area (Å²) in [5, 5.41) is 2.21. The van der Waals surface area contributed by atoms with Gasteiger partial charge in [-0.25, -0.2) is 0 Å². The van der Waals surface area contributed by atoms with Crippen LogP contribution in [0.3, 0.4) is 0 Å². The molecule has 1 unspecified atom stereocenters. The van der Waals surface area contributed by atoms with Gasteiger partial charge in [0.25, 0.3) is 5.91 Å². The number of imide groups is 1. The van der Waals surface area contributed by atoms with Gasteiger partial charge in [-0.05, 0) is 25.5 Å². The second-order valence-electron chi connectivity index (χ2n) is 4.65. The van der Waals surface area contributed by atoms with Crippen molar-refractivity contribution in [3.05, 3.63) is 21.4 Å². The Balaban J connectivity index is 2.27. The number of nitrogens with two attached hydrogens (primary N) is 1. The lowest BCUT2D eigenvalue weighted by Crippen LogP contribution is -2.58. The fraction of sp³-hybridized carbons (Fsp3) is 0.357. The maximum atomic E-state index is 12.5. The molecular weight excluding hydrogens is 290 g/mol. The normalized spacial score (nSPS) is 18.0. The number of carbonyl (C=O) groups is 3. The standard InChI is InChI=1S/C14H15N3O3S/c1-8-6-11(21-10(8)4-3-5-15)14(20)17-7-12(18)16-13(19)9(17)2/h6,9H,5,7,15H2,1-2H3,(H,16,18,19). The summed E-state index contributed by atoms with van der Waals surface area (Å²) in [5.74, 6) is 4.39. The molecule has 0 radical (unpaired) electrons. The number of amides is 3. The van der Waals surface area contributed by atoms with Crippen LogP contribution in [0.5, 0.6) is 0 Å². The van der Waals surface area contributed by atoms with E-state index in [-0.39, 0.29) is 19.0 Å². The van der Waals surface area contributed by atoms with Gasteiger partial charge in [0.05, 0.1) is 16.3 Å². The zero-order chi connectivity index (χ0) is 15.6. The first kappa shape index (κ1) is 15.2. The molecule has 1 aliphatic heterocycles. The molecule has 6 nitrogen and oxygen atoms in total. The molecule has 0 aromatic carbocycles. The summed E-state index contributed by atoms with van der Waals surface area (Å²) in [5.41, 5.74) is 6.21. The number of aryl methyl sites for hydroxylation is 1. The molecule has 1 atom stereocenters. The number of thiophene rings is 1. The fourth-order valence-electron chi connectivity index (χ4n) is 1.95. The lowest BCUT2D eigenvalue weighted by Gasteiger charge is -2.31. The van der Waals surface area contributed by atoms with E-state index in [2.05, 4.69) is 17.2 Å². The molecule has 1 aromatic rings. The van der Waals surface area contributed by atoms with Gasteiger partial charge in [-0.15, -0.1) is 11.3 Å². The molecule has 7 heteroatoms. The highest BCUT2D eigenvalue weighted by Gasteiger charge is 2.34. The van der Waals surface area contributed by atoms with Crippen LogP contribution in [0, 0.1) is 18.8 Å². The second-order valence-corrected chi connectivity index (χ2v) is 5.70. The average Bonchev–Trinajstić information content (AvgIpc) is 2.81. The molecule has 0 bridgehead atoms. The van der Waals surface area contributed by atoms with Crippen molar-refractivity contribution in [2.45, 2.75) is 19.9 Å². The summed E-state index contributed by atoms with van der Waals surface area (Å²) < 4.78 is 0. The topological polar surface area (TPSA) is 92.5 Å². The number of piperazine rings is 1. The number of nitrogens with one attached hydrogen (secondary N) is 1. The Kier molecular flexibility index (Phi) is 4.40. The van der Waals surface area contributed by atoms with Gasteiger partial charge in [0.1, 0.15) is 12.6 Å². The molecule has 1 saturated heterocycles. The largest absolute Gasteiger partial charge is 0.320 e. The number of nitrogens with zero attached hydrogens (tertiary/aromatic N) is 1. The van der Waals surface area contributed by atoms with Crippen LogP contribution in [0.1, 0.15) is 27.0 Å². The monoisotopic (exact) mass is 305 g/mol. The van der Waals surface area contributed by atoms with E-state index in [4.69, 9.17) is 5.73 Å². The average molecular weight is 305 g/mol. The molecular formula is C14H15N3O3S. The molecule has 1 aliphatic rings. The Labute approximate surface area is 126 Å². The predicted molar refractivity (Wildman–Crippen MR) is 78.6 cm³/mol. The van der Waals surface area contributed by atoms with Crippen LogP contribution in [0.25, 0.3) is 0 Å². The molecule has 0 aliphatic carbocycles.